The highest BCUT2D eigenvalue weighted by Gasteiger charge is 2.19. The molecule has 0 bridgehead atoms. The standard InChI is InChI=1S/C10H10N4O/c1-2-7-3-8(13-5-11)10-9(15-7)4-12-6-14-10/h2-7H,1H2,(H2,11,13). The van der Waals surface area contributed by atoms with Crippen LogP contribution in [0.3, 0.4) is 0 Å². The number of hydrogen-bond acceptors (Lipinski definition) is 4. The minimum Gasteiger partial charge on any atom is -0.478 e. The van der Waals surface area contributed by atoms with Crippen LogP contribution in [0, 0.1) is 0 Å². The monoisotopic (exact) mass is 202 g/mol. The van der Waals surface area contributed by atoms with Gasteiger partial charge in [-0.2, -0.15) is 0 Å². The van der Waals surface area contributed by atoms with Gasteiger partial charge in [-0.15, -0.1) is 0 Å². The molecule has 0 spiro atoms. The van der Waals surface area contributed by atoms with Crippen molar-refractivity contribution in [1.82, 2.24) is 9.97 Å². The molecule has 1 aromatic rings. The van der Waals surface area contributed by atoms with Crippen LogP contribution in [0.5, 0.6) is 5.75 Å². The summed E-state index contributed by atoms with van der Waals surface area (Å²) in [6.07, 6.45) is 7.51. The zero-order chi connectivity index (χ0) is 10.7. The maximum absolute atomic E-state index is 5.52. The molecule has 15 heavy (non-hydrogen) atoms. The molecule has 0 fully saturated rings. The molecular formula is C10H10N4O. The molecule has 76 valence electrons. The van der Waals surface area contributed by atoms with Gasteiger partial charge in [0, 0.05) is 0 Å². The Bertz CT molecular complexity index is 439. The molecule has 1 aliphatic rings. The van der Waals surface area contributed by atoms with Crippen molar-refractivity contribution in [3.05, 3.63) is 36.9 Å². The Morgan fingerprint density at radius 2 is 2.47 bits per heavy atom. The lowest BCUT2D eigenvalue weighted by Gasteiger charge is -2.19. The van der Waals surface area contributed by atoms with Gasteiger partial charge in [0.05, 0.1) is 18.2 Å². The molecule has 0 aromatic carbocycles. The fraction of sp³-hybridized carbons (Fsp3) is 0.100. The summed E-state index contributed by atoms with van der Waals surface area (Å²) in [5.74, 6) is 0.588. The van der Waals surface area contributed by atoms with Crippen LogP contribution in [0.2, 0.25) is 0 Å². The molecule has 0 amide bonds. The minimum atomic E-state index is -0.220. The maximum atomic E-state index is 5.52. The molecule has 0 saturated carbocycles. The number of hydrogen-bond donors (Lipinski definition) is 1. The highest BCUT2D eigenvalue weighted by atomic mass is 16.5. The first-order valence-electron chi connectivity index (χ1n) is 4.41. The van der Waals surface area contributed by atoms with Crippen molar-refractivity contribution < 1.29 is 4.74 Å². The molecule has 0 radical (unpaired) electrons. The van der Waals surface area contributed by atoms with E-state index in [2.05, 4.69) is 21.5 Å². The number of nitrogens with two attached hydrogens (primary N) is 1. The van der Waals surface area contributed by atoms with Crippen molar-refractivity contribution in [2.24, 2.45) is 10.7 Å². The fourth-order valence-electron chi connectivity index (χ4n) is 1.31. The average molecular weight is 202 g/mol. The Morgan fingerprint density at radius 1 is 1.60 bits per heavy atom. The molecule has 1 aliphatic heterocycles. The van der Waals surface area contributed by atoms with Crippen LogP contribution in [0.15, 0.2) is 36.2 Å². The maximum Gasteiger partial charge on any atom is 0.166 e. The summed E-state index contributed by atoms with van der Waals surface area (Å²) in [5, 5.41) is 0. The van der Waals surface area contributed by atoms with Crippen molar-refractivity contribution >= 4 is 12.0 Å². The number of aliphatic imine (C=N–C) groups is 1. The van der Waals surface area contributed by atoms with Gasteiger partial charge in [-0.25, -0.2) is 15.0 Å². The summed E-state index contributed by atoms with van der Waals surface area (Å²) < 4.78 is 5.52. The normalized spacial score (nSPS) is 19.2. The highest BCUT2D eigenvalue weighted by Crippen LogP contribution is 2.29. The Balaban J connectivity index is 2.49. The van der Waals surface area contributed by atoms with E-state index < -0.39 is 0 Å². The number of aromatic nitrogens is 2. The minimum absolute atomic E-state index is 0.220. The van der Waals surface area contributed by atoms with E-state index in [9.17, 15) is 0 Å². The predicted octanol–water partition coefficient (Wildman–Crippen LogP) is 0.752. The third-order valence-electron chi connectivity index (χ3n) is 1.95. The zero-order valence-corrected chi connectivity index (χ0v) is 8.00. The number of fused-ring (bicyclic) bond motifs is 1. The van der Waals surface area contributed by atoms with E-state index in [1.54, 1.807) is 18.3 Å². The Kier molecular flexibility index (Phi) is 2.45. The quantitative estimate of drug-likeness (QED) is 0.436. The van der Waals surface area contributed by atoms with Gasteiger partial charge in [0.25, 0.3) is 0 Å². The Labute approximate surface area is 87.0 Å². The SMILES string of the molecule is C=CC1C=C(N=CN)c2ncncc2O1. The highest BCUT2D eigenvalue weighted by molar-refractivity contribution is 5.74. The summed E-state index contributed by atoms with van der Waals surface area (Å²) in [6, 6.07) is 0. The molecule has 1 unspecified atom stereocenters. The van der Waals surface area contributed by atoms with Gasteiger partial charge in [0.1, 0.15) is 18.1 Å². The van der Waals surface area contributed by atoms with Crippen LogP contribution in [0.25, 0.3) is 5.70 Å². The molecule has 1 aromatic heterocycles. The van der Waals surface area contributed by atoms with E-state index in [4.69, 9.17) is 10.5 Å². The van der Waals surface area contributed by atoms with Crippen molar-refractivity contribution in [2.75, 3.05) is 0 Å². The van der Waals surface area contributed by atoms with Crippen LogP contribution in [-0.4, -0.2) is 22.4 Å². The van der Waals surface area contributed by atoms with Crippen molar-refractivity contribution in [2.45, 2.75) is 6.10 Å². The van der Waals surface area contributed by atoms with E-state index in [-0.39, 0.29) is 6.10 Å². The summed E-state index contributed by atoms with van der Waals surface area (Å²) in [7, 11) is 0. The van der Waals surface area contributed by atoms with Gasteiger partial charge in [-0.3, -0.25) is 0 Å². The van der Waals surface area contributed by atoms with Crippen molar-refractivity contribution in [1.29, 1.82) is 0 Å². The summed E-state index contributed by atoms with van der Waals surface area (Å²) >= 11 is 0. The molecule has 1 atom stereocenters. The fourth-order valence-corrected chi connectivity index (χ4v) is 1.31. The lowest BCUT2D eigenvalue weighted by Crippen LogP contribution is -2.16. The molecular weight excluding hydrogens is 192 g/mol. The van der Waals surface area contributed by atoms with E-state index in [0.29, 0.717) is 17.1 Å². The molecule has 2 N–H and O–H groups in total. The van der Waals surface area contributed by atoms with E-state index in [1.807, 2.05) is 0 Å². The average Bonchev–Trinajstić information content (AvgIpc) is 2.29. The molecule has 5 nitrogen and oxygen atoms in total. The topological polar surface area (TPSA) is 73.4 Å². The van der Waals surface area contributed by atoms with E-state index >= 15 is 0 Å². The second kappa shape index (κ2) is 3.91. The molecule has 0 aliphatic carbocycles. The lowest BCUT2D eigenvalue weighted by atomic mass is 10.1. The van der Waals surface area contributed by atoms with Crippen molar-refractivity contribution in [3.8, 4) is 5.75 Å². The largest absolute Gasteiger partial charge is 0.478 e. The van der Waals surface area contributed by atoms with Gasteiger partial charge >= 0.3 is 0 Å². The van der Waals surface area contributed by atoms with Crippen molar-refractivity contribution in [3.63, 3.8) is 0 Å². The van der Waals surface area contributed by atoms with Gasteiger partial charge in [0.2, 0.25) is 0 Å². The summed E-state index contributed by atoms with van der Waals surface area (Å²) in [5.41, 5.74) is 6.58. The third-order valence-corrected chi connectivity index (χ3v) is 1.95. The van der Waals surface area contributed by atoms with Gasteiger partial charge < -0.3 is 10.5 Å². The molecule has 0 saturated heterocycles. The van der Waals surface area contributed by atoms with Crippen LogP contribution in [0.1, 0.15) is 5.69 Å². The Morgan fingerprint density at radius 3 is 3.20 bits per heavy atom. The second-order valence-corrected chi connectivity index (χ2v) is 2.88. The second-order valence-electron chi connectivity index (χ2n) is 2.88. The first-order valence-corrected chi connectivity index (χ1v) is 4.41. The smallest absolute Gasteiger partial charge is 0.166 e. The van der Waals surface area contributed by atoms with E-state index in [0.717, 1.165) is 0 Å². The van der Waals surface area contributed by atoms with Gasteiger partial charge in [-0.05, 0) is 12.2 Å². The number of ether oxygens (including phenoxy) is 1. The van der Waals surface area contributed by atoms with E-state index in [1.165, 1.54) is 12.7 Å². The third kappa shape index (κ3) is 1.71. The Hall–Kier alpha value is -2.17. The number of rotatable bonds is 2. The first-order chi connectivity index (χ1) is 7.35. The summed E-state index contributed by atoms with van der Waals surface area (Å²) in [6.45, 7) is 3.66. The zero-order valence-electron chi connectivity index (χ0n) is 8.00. The van der Waals surface area contributed by atoms with Crippen LogP contribution in [-0.2, 0) is 0 Å². The van der Waals surface area contributed by atoms with Gasteiger partial charge in [0.15, 0.2) is 5.75 Å². The molecule has 5 heteroatoms. The van der Waals surface area contributed by atoms with Gasteiger partial charge in [-0.1, -0.05) is 6.58 Å². The van der Waals surface area contributed by atoms with Crippen LogP contribution >= 0.6 is 0 Å². The molecule has 2 heterocycles. The van der Waals surface area contributed by atoms with Crippen LogP contribution in [0.4, 0.5) is 0 Å². The predicted molar refractivity (Wildman–Crippen MR) is 57.3 cm³/mol. The van der Waals surface area contributed by atoms with Crippen LogP contribution < -0.4 is 10.5 Å². The lowest BCUT2D eigenvalue weighted by molar-refractivity contribution is 0.288. The first kappa shape index (κ1) is 9.39. The number of nitrogens with zero attached hydrogens (tertiary/aromatic N) is 3. The molecule has 2 rings (SSSR count). The summed E-state index contributed by atoms with van der Waals surface area (Å²) in [4.78, 5) is 12.0.